The van der Waals surface area contributed by atoms with Gasteiger partial charge >= 0.3 is 0 Å². The molecule has 3 aliphatic rings. The van der Waals surface area contributed by atoms with Gasteiger partial charge in [-0.05, 0) is 177 Å². The minimum Gasteiger partial charge on any atom is -0.0651 e. The van der Waals surface area contributed by atoms with Gasteiger partial charge < -0.3 is 0 Å². The average Bonchev–Trinajstić information content (AvgIpc) is 3.74. The summed E-state index contributed by atoms with van der Waals surface area (Å²) in [5, 5.41) is 0. The zero-order valence-corrected chi connectivity index (χ0v) is 40.3. The predicted octanol–water partition coefficient (Wildman–Crippen LogP) is 17.9. The molecule has 0 fully saturated rings. The summed E-state index contributed by atoms with van der Waals surface area (Å²) < 4.78 is 1.21. The summed E-state index contributed by atoms with van der Waals surface area (Å²) in [6.07, 6.45) is 14.5. The number of halogens is 1. The van der Waals surface area contributed by atoms with Crippen molar-refractivity contribution in [3.05, 3.63) is 105 Å². The van der Waals surface area contributed by atoms with Gasteiger partial charge in [0.1, 0.15) is 0 Å². The maximum Gasteiger partial charge on any atom is 0.0220 e. The van der Waals surface area contributed by atoms with E-state index in [1.165, 1.54) is 104 Å². The van der Waals surface area contributed by atoms with E-state index in [9.17, 15) is 0 Å². The Labute approximate surface area is 363 Å². The third kappa shape index (κ3) is 7.12. The lowest BCUT2D eigenvalue weighted by Crippen LogP contribution is -2.32. The van der Waals surface area contributed by atoms with E-state index in [4.69, 9.17) is 0 Å². The predicted molar refractivity (Wildman–Crippen MR) is 257 cm³/mol. The molecule has 7 rings (SSSR count). The Balaban J connectivity index is 1.61. The summed E-state index contributed by atoms with van der Waals surface area (Å²) >= 11 is 3.99. The fourth-order valence-corrected chi connectivity index (χ4v) is 12.8. The maximum absolute atomic E-state index is 3.99. The van der Waals surface area contributed by atoms with Crippen LogP contribution in [0.5, 0.6) is 0 Å². The Morgan fingerprint density at radius 1 is 0.345 bits per heavy atom. The highest BCUT2D eigenvalue weighted by Crippen LogP contribution is 2.65. The lowest BCUT2D eigenvalue weighted by atomic mass is 9.64. The van der Waals surface area contributed by atoms with Gasteiger partial charge in [-0.3, -0.25) is 0 Å². The van der Waals surface area contributed by atoms with Crippen molar-refractivity contribution in [2.75, 3.05) is 0 Å². The highest BCUT2D eigenvalue weighted by molar-refractivity contribution is 9.10. The van der Waals surface area contributed by atoms with Gasteiger partial charge in [-0.15, -0.1) is 0 Å². The summed E-state index contributed by atoms with van der Waals surface area (Å²) in [7, 11) is 0. The van der Waals surface area contributed by atoms with E-state index >= 15 is 0 Å². The number of benzene rings is 4. The zero-order valence-electron chi connectivity index (χ0n) is 38.7. The number of rotatable bonds is 18. The van der Waals surface area contributed by atoms with Gasteiger partial charge in [0.05, 0.1) is 0 Å². The Hall–Kier alpha value is -2.64. The quantitative estimate of drug-likeness (QED) is 0.0936. The van der Waals surface area contributed by atoms with Crippen molar-refractivity contribution < 1.29 is 0 Å². The van der Waals surface area contributed by atoms with Crippen molar-refractivity contribution in [3.63, 3.8) is 0 Å². The van der Waals surface area contributed by atoms with E-state index in [2.05, 4.69) is 166 Å². The fourth-order valence-electron chi connectivity index (χ4n) is 12.4. The van der Waals surface area contributed by atoms with Crippen molar-refractivity contribution in [2.24, 2.45) is 35.5 Å². The van der Waals surface area contributed by atoms with Crippen LogP contribution in [0, 0.1) is 35.5 Å². The second kappa shape index (κ2) is 17.0. The van der Waals surface area contributed by atoms with Crippen molar-refractivity contribution >= 4 is 15.9 Å². The molecule has 0 bridgehead atoms. The third-order valence-electron chi connectivity index (χ3n) is 16.6. The Bertz CT molecular complexity index is 2060. The topological polar surface area (TPSA) is 0 Å². The van der Waals surface area contributed by atoms with Crippen molar-refractivity contribution in [2.45, 2.75) is 176 Å². The molecule has 0 radical (unpaired) electrons. The normalized spacial score (nSPS) is 24.2. The fraction of sp³-hybridized carbons (Fsp3) is 0.579. The van der Waals surface area contributed by atoms with Crippen LogP contribution in [-0.4, -0.2) is 0 Å². The van der Waals surface area contributed by atoms with E-state index in [1.54, 1.807) is 44.5 Å². The monoisotopic (exact) mass is 841 g/mol. The molecule has 4 aromatic rings. The Morgan fingerprint density at radius 2 is 0.621 bits per heavy atom. The minimum atomic E-state index is -0.0264. The molecular formula is C57H77Br. The molecule has 0 spiro atoms. The molecule has 0 heterocycles. The molecule has 4 aromatic carbocycles. The van der Waals surface area contributed by atoms with Gasteiger partial charge in [0.25, 0.3) is 0 Å². The molecule has 3 aliphatic carbocycles. The van der Waals surface area contributed by atoms with Gasteiger partial charge in [-0.1, -0.05) is 168 Å². The molecule has 0 saturated heterocycles. The molecule has 312 valence electrons. The van der Waals surface area contributed by atoms with Gasteiger partial charge in [-0.25, -0.2) is 0 Å². The number of fused-ring (bicyclic) bond motifs is 9. The largest absolute Gasteiger partial charge is 0.0651 e. The Morgan fingerprint density at radius 3 is 0.966 bits per heavy atom. The SMILES string of the molecule is CCC(C)CC1(CC(C)CC)c2ccccc2-c2cc3c(cc21)-c1cc2c(cc1C3(CC(C)CC)CC(C)CC)-c1ccc(Br)cc1C2(CC(C)CC)CC(C)CC. The van der Waals surface area contributed by atoms with Crippen molar-refractivity contribution in [1.29, 1.82) is 0 Å². The molecule has 58 heavy (non-hydrogen) atoms. The molecule has 6 atom stereocenters. The molecule has 0 aromatic heterocycles. The van der Waals surface area contributed by atoms with Crippen LogP contribution in [0.3, 0.4) is 0 Å². The van der Waals surface area contributed by atoms with E-state index in [-0.39, 0.29) is 16.2 Å². The summed E-state index contributed by atoms with van der Waals surface area (Å²) in [5.41, 5.74) is 18.9. The van der Waals surface area contributed by atoms with E-state index in [0.717, 1.165) is 0 Å². The minimum absolute atomic E-state index is 0.00297. The third-order valence-corrected chi connectivity index (χ3v) is 17.0. The molecule has 6 unspecified atom stereocenters. The van der Waals surface area contributed by atoms with Crippen molar-refractivity contribution in [3.8, 4) is 33.4 Å². The lowest BCUT2D eigenvalue weighted by Gasteiger charge is -2.39. The highest BCUT2D eigenvalue weighted by atomic mass is 79.9. The van der Waals surface area contributed by atoms with E-state index < -0.39 is 0 Å². The zero-order chi connectivity index (χ0) is 41.7. The van der Waals surface area contributed by atoms with E-state index in [0.29, 0.717) is 35.5 Å². The van der Waals surface area contributed by atoms with Gasteiger partial charge in [0.2, 0.25) is 0 Å². The molecular weight excluding hydrogens is 765 g/mol. The molecule has 0 amide bonds. The number of hydrogen-bond donors (Lipinski definition) is 0. The summed E-state index contributed by atoms with van der Waals surface area (Å²) in [6, 6.07) is 28.2. The number of hydrogen-bond acceptors (Lipinski definition) is 0. The average molecular weight is 842 g/mol. The van der Waals surface area contributed by atoms with Crippen LogP contribution in [-0.2, 0) is 16.2 Å². The van der Waals surface area contributed by atoms with Gasteiger partial charge in [-0.2, -0.15) is 0 Å². The van der Waals surface area contributed by atoms with Gasteiger partial charge in [0.15, 0.2) is 0 Å². The molecule has 0 nitrogen and oxygen atoms in total. The first-order valence-electron chi connectivity index (χ1n) is 24.0. The Kier molecular flexibility index (Phi) is 12.8. The van der Waals surface area contributed by atoms with Crippen molar-refractivity contribution in [1.82, 2.24) is 0 Å². The molecule has 0 N–H and O–H groups in total. The lowest BCUT2D eigenvalue weighted by molar-refractivity contribution is 0.305. The maximum atomic E-state index is 3.99. The first-order chi connectivity index (χ1) is 27.8. The summed E-state index contributed by atoms with van der Waals surface area (Å²) in [6.45, 7) is 29.6. The first-order valence-corrected chi connectivity index (χ1v) is 24.8. The van der Waals surface area contributed by atoms with Crippen LogP contribution in [0.15, 0.2) is 71.2 Å². The molecule has 0 aliphatic heterocycles. The molecule has 1 heteroatoms. The van der Waals surface area contributed by atoms with Crippen LogP contribution < -0.4 is 0 Å². The summed E-state index contributed by atoms with van der Waals surface area (Å²) in [4.78, 5) is 0. The van der Waals surface area contributed by atoms with Crippen LogP contribution in [0.2, 0.25) is 0 Å². The standard InChI is InChI=1S/C57H77Br/c1-13-36(7)30-55(31-37(8)14-2)49-22-20-19-21-43(49)45-26-53-47(28-51(45)55)48-29-52-46(27-54(48)57(53,34-40(11)17-5)35-41(12)18-6)44-24-23-42(58)25-50(44)56(52,32-38(9)15-3)33-39(10)16-4/h19-29,36-41H,13-18,30-35H2,1-12H3. The van der Waals surface area contributed by atoms with Crippen LogP contribution in [0.25, 0.3) is 33.4 Å². The van der Waals surface area contributed by atoms with Crippen LogP contribution in [0.1, 0.15) is 194 Å². The van der Waals surface area contributed by atoms with Gasteiger partial charge in [0, 0.05) is 20.7 Å². The van der Waals surface area contributed by atoms with Crippen LogP contribution >= 0.6 is 15.9 Å². The first kappa shape index (κ1) is 43.4. The smallest absolute Gasteiger partial charge is 0.0220 e. The summed E-state index contributed by atoms with van der Waals surface area (Å²) in [5.74, 6) is 3.85. The second-order valence-corrected chi connectivity index (χ2v) is 21.6. The highest BCUT2D eigenvalue weighted by Gasteiger charge is 2.52. The second-order valence-electron chi connectivity index (χ2n) is 20.7. The molecule has 0 saturated carbocycles. The van der Waals surface area contributed by atoms with Crippen LogP contribution in [0.4, 0.5) is 0 Å². The van der Waals surface area contributed by atoms with E-state index in [1.807, 2.05) is 0 Å².